The molecule has 68 heavy (non-hydrogen) atoms. The molecule has 2 saturated heterocycles. The molecule has 0 aromatic rings. The van der Waals surface area contributed by atoms with E-state index in [1.165, 1.54) is 12.0 Å². The molecule has 0 radical (unpaired) electrons. The van der Waals surface area contributed by atoms with E-state index in [0.717, 1.165) is 24.0 Å². The summed E-state index contributed by atoms with van der Waals surface area (Å²) < 4.78 is 35.9. The van der Waals surface area contributed by atoms with E-state index in [0.29, 0.717) is 51.4 Å². The number of amides is 1. The van der Waals surface area contributed by atoms with E-state index >= 15 is 0 Å². The Hall–Kier alpha value is -3.37. The molecule has 3 fully saturated rings. The van der Waals surface area contributed by atoms with E-state index in [1.807, 2.05) is 65.0 Å². The van der Waals surface area contributed by atoms with Crippen molar-refractivity contribution in [2.24, 2.45) is 41.4 Å². The minimum atomic E-state index is -2.42. The van der Waals surface area contributed by atoms with E-state index < -0.39 is 65.7 Å². The van der Waals surface area contributed by atoms with Gasteiger partial charge in [-0.2, -0.15) is 0 Å². The number of hydrogen-bond acceptors (Lipinski definition) is 13. The van der Waals surface area contributed by atoms with Crippen LogP contribution >= 0.6 is 0 Å². The fourth-order valence-corrected chi connectivity index (χ4v) is 10.7. The Labute approximate surface area is 406 Å². The van der Waals surface area contributed by atoms with Gasteiger partial charge in [0, 0.05) is 64.4 Å². The number of fused-ring (bicyclic) bond motifs is 3. The number of allylic oxidation sites excluding steroid dienone is 6. The number of ketones is 3. The molecule has 2 unspecified atom stereocenters. The lowest BCUT2D eigenvalue weighted by atomic mass is 9.78. The second kappa shape index (κ2) is 27.3. The number of aliphatic hydroxyl groups excluding tert-OH is 1. The second-order valence-corrected chi connectivity index (χ2v) is 20.5. The molecule has 15 atom stereocenters. The van der Waals surface area contributed by atoms with E-state index in [2.05, 4.69) is 13.0 Å². The van der Waals surface area contributed by atoms with Crippen molar-refractivity contribution in [3.63, 3.8) is 0 Å². The fourth-order valence-electron chi connectivity index (χ4n) is 10.7. The average molecular weight is 956 g/mol. The van der Waals surface area contributed by atoms with E-state index in [1.54, 1.807) is 28.1 Å². The molecule has 1 aliphatic carbocycles. The molecule has 2 N–H and O–H groups in total. The number of piperidine rings is 1. The van der Waals surface area contributed by atoms with Crippen LogP contribution in [-0.4, -0.2) is 134 Å². The van der Waals surface area contributed by atoms with Gasteiger partial charge in [0.15, 0.2) is 5.78 Å². The number of aliphatic hydroxyl groups is 2. The van der Waals surface area contributed by atoms with Crippen molar-refractivity contribution in [3.8, 4) is 0 Å². The zero-order valence-electron chi connectivity index (χ0n) is 43.0. The number of Topliss-reactive ketones (excluding diaryl/α,β-unsaturated/α-hetero) is 3. The molecule has 384 valence electrons. The monoisotopic (exact) mass is 956 g/mol. The van der Waals surface area contributed by atoms with E-state index in [9.17, 15) is 34.2 Å². The second-order valence-electron chi connectivity index (χ2n) is 20.5. The smallest absolute Gasteiger partial charge is 0.329 e. The first-order chi connectivity index (χ1) is 32.3. The molecule has 3 aliphatic heterocycles. The van der Waals surface area contributed by atoms with Crippen molar-refractivity contribution >= 4 is 29.2 Å². The van der Waals surface area contributed by atoms with Gasteiger partial charge in [0.1, 0.15) is 24.0 Å². The zero-order valence-corrected chi connectivity index (χ0v) is 43.0. The molecule has 4 aliphatic rings. The van der Waals surface area contributed by atoms with Gasteiger partial charge in [0.25, 0.3) is 11.7 Å². The van der Waals surface area contributed by atoms with Gasteiger partial charge in [-0.1, -0.05) is 83.6 Å². The SMILES string of the molecule is CO[C@H]1CC2CC[C@@H](C)[C@@](O)(O2)C(=O)C(=O)N2CCCC[C@H]2C(=O)OC([C@H](C)C[C@@H]2CC[C@@H](OCCO)[C@H](OC)C2)CC(=O)[C@H](C)/C=C(\C)[C@@H](C)[C@@H](OC)C(=O)[C@H](C)C[C@H](C)/C=C/C=CC=C1C. The van der Waals surface area contributed by atoms with Crippen LogP contribution in [0.5, 0.6) is 0 Å². The van der Waals surface area contributed by atoms with Crippen LogP contribution < -0.4 is 0 Å². The van der Waals surface area contributed by atoms with Gasteiger partial charge in [0.05, 0.1) is 37.6 Å². The highest BCUT2D eigenvalue weighted by Gasteiger charge is 2.53. The van der Waals surface area contributed by atoms with Gasteiger partial charge in [-0.25, -0.2) is 4.79 Å². The normalized spacial score (nSPS) is 37.9. The van der Waals surface area contributed by atoms with Crippen LogP contribution in [0.25, 0.3) is 0 Å². The Morgan fingerprint density at radius 3 is 2.25 bits per heavy atom. The lowest BCUT2D eigenvalue weighted by Gasteiger charge is -2.42. The fraction of sp³-hybridized carbons (Fsp3) is 0.759. The molecule has 2 bridgehead atoms. The molecule has 3 heterocycles. The molecule has 1 saturated carbocycles. The summed E-state index contributed by atoms with van der Waals surface area (Å²) in [4.78, 5) is 72.5. The highest BCUT2D eigenvalue weighted by molar-refractivity contribution is 6.39. The van der Waals surface area contributed by atoms with Crippen molar-refractivity contribution in [2.75, 3.05) is 41.1 Å². The molecule has 14 heteroatoms. The third-order valence-electron chi connectivity index (χ3n) is 15.3. The first-order valence-electron chi connectivity index (χ1n) is 25.3. The predicted molar refractivity (Wildman–Crippen MR) is 259 cm³/mol. The van der Waals surface area contributed by atoms with Gasteiger partial charge in [-0.15, -0.1) is 0 Å². The largest absolute Gasteiger partial charge is 0.460 e. The first kappa shape index (κ1) is 57.2. The van der Waals surface area contributed by atoms with E-state index in [-0.39, 0.29) is 86.0 Å². The summed E-state index contributed by atoms with van der Waals surface area (Å²) in [6, 6.07) is -1.11. The van der Waals surface area contributed by atoms with Crippen LogP contribution in [0, 0.1) is 41.4 Å². The molecule has 0 aromatic carbocycles. The minimum absolute atomic E-state index is 0.00654. The Kier molecular flexibility index (Phi) is 23.0. The third kappa shape index (κ3) is 15.3. The summed E-state index contributed by atoms with van der Waals surface area (Å²) in [5, 5.41) is 21.3. The topological polar surface area (TPSA) is 184 Å². The Bertz CT molecular complexity index is 1810. The van der Waals surface area contributed by atoms with Gasteiger partial charge >= 0.3 is 5.97 Å². The molecule has 1 amide bonds. The maximum Gasteiger partial charge on any atom is 0.329 e. The van der Waals surface area contributed by atoms with Crippen LogP contribution in [0.3, 0.4) is 0 Å². The average Bonchev–Trinajstić information content (AvgIpc) is 3.32. The summed E-state index contributed by atoms with van der Waals surface area (Å²) in [5.74, 6) is -7.32. The Morgan fingerprint density at radius 1 is 0.838 bits per heavy atom. The minimum Gasteiger partial charge on any atom is -0.460 e. The number of methoxy groups -OCH3 is 3. The maximum atomic E-state index is 14.5. The van der Waals surface area contributed by atoms with Crippen molar-refractivity contribution in [3.05, 3.63) is 47.6 Å². The summed E-state index contributed by atoms with van der Waals surface area (Å²) in [5.41, 5.74) is 1.73. The van der Waals surface area contributed by atoms with Gasteiger partial charge in [-0.3, -0.25) is 19.2 Å². The number of carbonyl (C=O) groups is 5. The number of rotatable bonds is 9. The van der Waals surface area contributed by atoms with Crippen molar-refractivity contribution < 1.29 is 62.6 Å². The van der Waals surface area contributed by atoms with Crippen LogP contribution in [-0.2, 0) is 52.4 Å². The number of cyclic esters (lactones) is 1. The summed E-state index contributed by atoms with van der Waals surface area (Å²) >= 11 is 0. The summed E-state index contributed by atoms with van der Waals surface area (Å²) in [7, 11) is 4.78. The van der Waals surface area contributed by atoms with Gasteiger partial charge < -0.3 is 43.5 Å². The van der Waals surface area contributed by atoms with Crippen LogP contribution in [0.2, 0.25) is 0 Å². The van der Waals surface area contributed by atoms with Gasteiger partial charge in [0.2, 0.25) is 5.79 Å². The molecular formula is C54H85NO13. The lowest BCUT2D eigenvalue weighted by molar-refractivity contribution is -0.265. The number of hydrogen-bond donors (Lipinski definition) is 2. The van der Waals surface area contributed by atoms with Crippen molar-refractivity contribution in [2.45, 2.75) is 181 Å². The number of ether oxygens (including phenoxy) is 6. The molecule has 14 nitrogen and oxygen atoms in total. The first-order valence-corrected chi connectivity index (χ1v) is 25.3. The number of nitrogens with zero attached hydrogens (tertiary/aromatic N) is 1. The Balaban J connectivity index is 1.70. The molecular weight excluding hydrogens is 871 g/mol. The third-order valence-corrected chi connectivity index (χ3v) is 15.3. The van der Waals surface area contributed by atoms with Crippen molar-refractivity contribution in [1.82, 2.24) is 4.90 Å². The maximum absolute atomic E-state index is 14.5. The zero-order chi connectivity index (χ0) is 50.3. The van der Waals surface area contributed by atoms with Crippen LogP contribution in [0.15, 0.2) is 47.6 Å². The summed E-state index contributed by atoms with van der Waals surface area (Å²) in [6.45, 7) is 15.5. The van der Waals surface area contributed by atoms with Crippen molar-refractivity contribution in [1.29, 1.82) is 0 Å². The lowest BCUT2D eigenvalue weighted by Crippen LogP contribution is -2.61. The molecule has 0 spiro atoms. The quantitative estimate of drug-likeness (QED) is 0.132. The highest BCUT2D eigenvalue weighted by atomic mass is 16.6. The molecule has 4 rings (SSSR count). The predicted octanol–water partition coefficient (Wildman–Crippen LogP) is 7.47. The van der Waals surface area contributed by atoms with Crippen LogP contribution in [0.1, 0.15) is 132 Å². The Morgan fingerprint density at radius 2 is 1.57 bits per heavy atom. The van der Waals surface area contributed by atoms with E-state index in [4.69, 9.17) is 28.4 Å². The number of carbonyl (C=O) groups excluding carboxylic acids is 5. The summed E-state index contributed by atoms with van der Waals surface area (Å²) in [6.07, 6.45) is 14.8. The standard InChI is InChI=1S/C54H85NO13/c1-33-17-13-12-14-18-34(2)46(63-9)31-42-22-20-39(7)54(62,68-42)51(59)52(60)55-24-16-15-19-43(55)53(61)67-47(37(5)29-41-21-23-45(66-26-25-56)48(30-41)64-10)32-44(57)36(4)28-35(3)40(8)50(65-11)49(58)38(6)27-33/h12-14,17-18,28,33,36-43,45-48,50,56,62H,15-16,19-27,29-32H2,1-11H3/b14-12?,17-13+,34-18?,35-28+/t33-,36-,37-,38-,39-,40-,41+,42?,43+,45-,46+,47?,48-,50-,54-/m1/s1. The molecule has 0 aromatic heterocycles. The van der Waals surface area contributed by atoms with Gasteiger partial charge in [-0.05, 0) is 101 Å². The number of esters is 1. The highest BCUT2D eigenvalue weighted by Crippen LogP contribution is 2.38. The van der Waals surface area contributed by atoms with Crippen LogP contribution in [0.4, 0.5) is 0 Å².